The van der Waals surface area contributed by atoms with Crippen LogP contribution in [0.3, 0.4) is 0 Å². The van der Waals surface area contributed by atoms with Gasteiger partial charge in [0.2, 0.25) is 0 Å². The minimum atomic E-state index is -0.636. The molecule has 2 aromatic rings. The first kappa shape index (κ1) is 15.8. The number of esters is 2. The molecule has 1 aromatic carbocycles. The van der Waals surface area contributed by atoms with E-state index in [2.05, 4.69) is 4.98 Å². The summed E-state index contributed by atoms with van der Waals surface area (Å²) in [7, 11) is 1.67. The van der Waals surface area contributed by atoms with Crippen LogP contribution >= 0.6 is 0 Å². The van der Waals surface area contributed by atoms with Crippen molar-refractivity contribution in [3.63, 3.8) is 0 Å². The minimum absolute atomic E-state index is 0.0262. The number of rotatable bonds is 5. The van der Waals surface area contributed by atoms with Gasteiger partial charge in [0.1, 0.15) is 5.82 Å². The van der Waals surface area contributed by atoms with Gasteiger partial charge in [0, 0.05) is 12.6 Å². The maximum Gasteiger partial charge on any atom is 0.359 e. The van der Waals surface area contributed by atoms with Crippen molar-refractivity contribution in [2.75, 3.05) is 13.2 Å². The van der Waals surface area contributed by atoms with Crippen molar-refractivity contribution in [1.82, 2.24) is 9.55 Å². The zero-order chi connectivity index (χ0) is 16.1. The molecule has 0 aliphatic rings. The number of carbonyl (C=O) groups excluding carboxylic acids is 2. The molecule has 0 bridgehead atoms. The van der Waals surface area contributed by atoms with Gasteiger partial charge in [-0.15, -0.1) is 0 Å². The fourth-order valence-corrected chi connectivity index (χ4v) is 2.12. The molecule has 0 amide bonds. The molecule has 0 N–H and O–H groups in total. The Labute approximate surface area is 128 Å². The summed E-state index contributed by atoms with van der Waals surface area (Å²) in [5.74, 6) is -0.724. The molecule has 0 spiro atoms. The van der Waals surface area contributed by atoms with E-state index in [0.717, 1.165) is 5.56 Å². The number of hydrogen-bond donors (Lipinski definition) is 0. The Kier molecular flexibility index (Phi) is 4.93. The van der Waals surface area contributed by atoms with Crippen LogP contribution in [0.1, 0.15) is 34.8 Å². The molecule has 0 fully saturated rings. The number of nitrogens with zero attached hydrogens (tertiary/aromatic N) is 2. The van der Waals surface area contributed by atoms with E-state index >= 15 is 0 Å². The molecule has 0 atom stereocenters. The van der Waals surface area contributed by atoms with Gasteiger partial charge in [-0.3, -0.25) is 0 Å². The Morgan fingerprint density at radius 3 is 2.23 bits per heavy atom. The van der Waals surface area contributed by atoms with Gasteiger partial charge in [-0.1, -0.05) is 30.3 Å². The van der Waals surface area contributed by atoms with Gasteiger partial charge in [-0.2, -0.15) is 0 Å². The average Bonchev–Trinajstić information content (AvgIpc) is 2.86. The van der Waals surface area contributed by atoms with Crippen LogP contribution in [0.15, 0.2) is 30.3 Å². The smallest absolute Gasteiger partial charge is 0.359 e. The second kappa shape index (κ2) is 6.89. The zero-order valence-corrected chi connectivity index (χ0v) is 12.8. The first-order chi connectivity index (χ1) is 10.6. The van der Waals surface area contributed by atoms with Crippen molar-refractivity contribution in [3.05, 3.63) is 41.7 Å². The molecular weight excluding hydrogens is 284 g/mol. The molecule has 6 heteroatoms. The third-order valence-electron chi connectivity index (χ3n) is 3.06. The number of imidazole rings is 1. The normalized spacial score (nSPS) is 10.3. The van der Waals surface area contributed by atoms with Crippen molar-refractivity contribution in [1.29, 1.82) is 0 Å². The van der Waals surface area contributed by atoms with E-state index < -0.39 is 11.9 Å². The molecule has 0 unspecified atom stereocenters. The van der Waals surface area contributed by atoms with Crippen LogP contribution in [0.4, 0.5) is 0 Å². The lowest BCUT2D eigenvalue weighted by Gasteiger charge is -2.06. The van der Waals surface area contributed by atoms with E-state index in [1.54, 1.807) is 25.5 Å². The maximum absolute atomic E-state index is 12.1. The standard InChI is InChI=1S/C16H18N2O4/c1-4-21-15(19)12-13(16(20)22-5-2)18(3)14(17-12)11-9-7-6-8-10-11/h6-10H,4-5H2,1-3H3. The maximum atomic E-state index is 12.1. The summed E-state index contributed by atoms with van der Waals surface area (Å²) in [5.41, 5.74) is 0.868. The van der Waals surface area contributed by atoms with Gasteiger partial charge >= 0.3 is 11.9 Å². The van der Waals surface area contributed by atoms with E-state index in [-0.39, 0.29) is 24.6 Å². The lowest BCUT2D eigenvalue weighted by atomic mass is 10.2. The SMILES string of the molecule is CCOC(=O)c1nc(-c2ccccc2)n(C)c1C(=O)OCC. The molecule has 0 saturated carbocycles. The first-order valence-electron chi connectivity index (χ1n) is 7.06. The number of carbonyl (C=O) groups is 2. The predicted molar refractivity (Wildman–Crippen MR) is 80.6 cm³/mol. The van der Waals surface area contributed by atoms with Gasteiger partial charge in [0.05, 0.1) is 13.2 Å². The lowest BCUT2D eigenvalue weighted by Crippen LogP contribution is -2.16. The highest BCUT2D eigenvalue weighted by molar-refractivity contribution is 6.01. The summed E-state index contributed by atoms with van der Waals surface area (Å²) in [6, 6.07) is 9.31. The number of aromatic nitrogens is 2. The van der Waals surface area contributed by atoms with Crippen molar-refractivity contribution < 1.29 is 19.1 Å². The molecule has 0 aliphatic carbocycles. The van der Waals surface area contributed by atoms with Gasteiger partial charge in [0.15, 0.2) is 11.4 Å². The van der Waals surface area contributed by atoms with E-state index in [9.17, 15) is 9.59 Å². The van der Waals surface area contributed by atoms with E-state index in [4.69, 9.17) is 9.47 Å². The van der Waals surface area contributed by atoms with Crippen LogP contribution in [0, 0.1) is 0 Å². The summed E-state index contributed by atoms with van der Waals surface area (Å²) < 4.78 is 11.6. The van der Waals surface area contributed by atoms with Gasteiger partial charge in [0.25, 0.3) is 0 Å². The van der Waals surface area contributed by atoms with Crippen molar-refractivity contribution >= 4 is 11.9 Å². The molecule has 0 aliphatic heterocycles. The molecule has 1 heterocycles. The molecule has 6 nitrogen and oxygen atoms in total. The van der Waals surface area contributed by atoms with E-state index in [0.29, 0.717) is 5.82 Å². The molecule has 0 radical (unpaired) electrons. The topological polar surface area (TPSA) is 70.4 Å². The monoisotopic (exact) mass is 302 g/mol. The van der Waals surface area contributed by atoms with E-state index in [1.807, 2.05) is 30.3 Å². The Bertz CT molecular complexity index is 677. The largest absolute Gasteiger partial charge is 0.461 e. The average molecular weight is 302 g/mol. The highest BCUT2D eigenvalue weighted by atomic mass is 16.5. The van der Waals surface area contributed by atoms with Crippen molar-refractivity contribution in [3.8, 4) is 11.4 Å². The number of ether oxygens (including phenoxy) is 2. The van der Waals surface area contributed by atoms with Crippen LogP contribution in [0.2, 0.25) is 0 Å². The van der Waals surface area contributed by atoms with Crippen LogP contribution in [-0.4, -0.2) is 34.7 Å². The lowest BCUT2D eigenvalue weighted by molar-refractivity contribution is 0.0468. The summed E-state index contributed by atoms with van der Waals surface area (Å²) in [6.45, 7) is 3.82. The third-order valence-corrected chi connectivity index (χ3v) is 3.06. The van der Waals surface area contributed by atoms with Gasteiger partial charge < -0.3 is 14.0 Å². The Hall–Kier alpha value is -2.63. The zero-order valence-electron chi connectivity index (χ0n) is 12.8. The second-order valence-electron chi connectivity index (χ2n) is 4.50. The Morgan fingerprint density at radius 1 is 1.05 bits per heavy atom. The van der Waals surface area contributed by atoms with Crippen LogP contribution in [-0.2, 0) is 16.5 Å². The van der Waals surface area contributed by atoms with E-state index in [1.165, 1.54) is 0 Å². The molecule has 1 aromatic heterocycles. The molecule has 0 saturated heterocycles. The number of hydrogen-bond acceptors (Lipinski definition) is 5. The van der Waals surface area contributed by atoms with Gasteiger partial charge in [-0.25, -0.2) is 14.6 Å². The summed E-state index contributed by atoms with van der Waals surface area (Å²) in [5, 5.41) is 0. The fraction of sp³-hybridized carbons (Fsp3) is 0.312. The third kappa shape index (κ3) is 3.00. The quantitative estimate of drug-likeness (QED) is 0.793. The van der Waals surface area contributed by atoms with Crippen LogP contribution in [0.5, 0.6) is 0 Å². The molecule has 2 rings (SSSR count). The minimum Gasteiger partial charge on any atom is -0.461 e. The summed E-state index contributed by atoms with van der Waals surface area (Å²) >= 11 is 0. The van der Waals surface area contributed by atoms with Crippen molar-refractivity contribution in [2.24, 2.45) is 7.05 Å². The molecule has 116 valence electrons. The molecular formula is C16H18N2O4. The summed E-state index contributed by atoms with van der Waals surface area (Å²) in [4.78, 5) is 28.5. The second-order valence-corrected chi connectivity index (χ2v) is 4.50. The molecule has 22 heavy (non-hydrogen) atoms. The van der Waals surface area contributed by atoms with Gasteiger partial charge in [-0.05, 0) is 13.8 Å². The highest BCUT2D eigenvalue weighted by Gasteiger charge is 2.28. The Balaban J connectivity index is 2.56. The summed E-state index contributed by atoms with van der Waals surface area (Å²) in [6.07, 6.45) is 0. The fourth-order valence-electron chi connectivity index (χ4n) is 2.12. The van der Waals surface area contributed by atoms with Crippen LogP contribution in [0.25, 0.3) is 11.4 Å². The highest BCUT2D eigenvalue weighted by Crippen LogP contribution is 2.22. The predicted octanol–water partition coefficient (Wildman–Crippen LogP) is 2.44. The van der Waals surface area contributed by atoms with Crippen molar-refractivity contribution in [2.45, 2.75) is 13.8 Å². The first-order valence-corrected chi connectivity index (χ1v) is 7.06. The van der Waals surface area contributed by atoms with Crippen LogP contribution < -0.4 is 0 Å². The number of benzene rings is 1. The Morgan fingerprint density at radius 2 is 1.64 bits per heavy atom.